The molecule has 0 saturated carbocycles. The van der Waals surface area contributed by atoms with Crippen molar-refractivity contribution >= 4 is 33.4 Å². The second-order valence-corrected chi connectivity index (χ2v) is 5.78. The summed E-state index contributed by atoms with van der Waals surface area (Å²) in [5.41, 5.74) is 0.523. The molecular weight excluding hydrogens is 324 g/mol. The quantitative estimate of drug-likeness (QED) is 0.715. The number of carbonyl (C=O) groups excluding carboxylic acids is 2. The predicted octanol–water partition coefficient (Wildman–Crippen LogP) is 1.91. The molecule has 0 aliphatic rings. The molecule has 0 fully saturated rings. The largest absolute Gasteiger partial charge is 0.391 e. The van der Waals surface area contributed by atoms with Crippen molar-refractivity contribution in [1.82, 2.24) is 5.32 Å². The van der Waals surface area contributed by atoms with E-state index in [4.69, 9.17) is 0 Å². The van der Waals surface area contributed by atoms with Crippen molar-refractivity contribution in [2.24, 2.45) is 5.92 Å². The number of carbonyl (C=O) groups is 2. The van der Waals surface area contributed by atoms with Crippen LogP contribution in [0.25, 0.3) is 0 Å². The maximum Gasteiger partial charge on any atom is 0.313 e. The molecule has 5 nitrogen and oxygen atoms in total. The molecule has 1 atom stereocenters. The lowest BCUT2D eigenvalue weighted by molar-refractivity contribution is -0.136. The van der Waals surface area contributed by atoms with Crippen LogP contribution in [0, 0.1) is 5.92 Å². The average Bonchev–Trinajstić information content (AvgIpc) is 2.37. The fraction of sp³-hybridized carbons (Fsp3) is 0.429. The van der Waals surface area contributed by atoms with Gasteiger partial charge < -0.3 is 15.7 Å². The Morgan fingerprint density at radius 3 is 2.50 bits per heavy atom. The van der Waals surface area contributed by atoms with Crippen molar-refractivity contribution in [3.05, 3.63) is 28.7 Å². The van der Waals surface area contributed by atoms with Crippen molar-refractivity contribution in [3.8, 4) is 0 Å². The van der Waals surface area contributed by atoms with Crippen molar-refractivity contribution < 1.29 is 14.7 Å². The molecule has 6 heteroatoms. The smallest absolute Gasteiger partial charge is 0.313 e. The third-order valence-electron chi connectivity index (χ3n) is 2.57. The summed E-state index contributed by atoms with van der Waals surface area (Å²) >= 11 is 3.28. The zero-order valence-electron chi connectivity index (χ0n) is 11.5. The highest BCUT2D eigenvalue weighted by Crippen LogP contribution is 2.20. The first kappa shape index (κ1) is 16.7. The number of benzene rings is 1. The van der Waals surface area contributed by atoms with E-state index in [2.05, 4.69) is 26.6 Å². The van der Waals surface area contributed by atoms with E-state index in [-0.39, 0.29) is 6.54 Å². The fourth-order valence-corrected chi connectivity index (χ4v) is 2.04. The average molecular weight is 343 g/mol. The molecule has 20 heavy (non-hydrogen) atoms. The van der Waals surface area contributed by atoms with Crippen molar-refractivity contribution in [2.45, 2.75) is 26.4 Å². The van der Waals surface area contributed by atoms with Crippen LogP contribution >= 0.6 is 15.9 Å². The molecule has 1 rings (SSSR count). The van der Waals surface area contributed by atoms with Crippen LogP contribution < -0.4 is 10.6 Å². The maximum atomic E-state index is 11.7. The number of anilines is 1. The molecule has 1 aromatic carbocycles. The first-order valence-electron chi connectivity index (χ1n) is 6.42. The van der Waals surface area contributed by atoms with Gasteiger partial charge in [-0.05, 0) is 40.4 Å². The van der Waals surface area contributed by atoms with E-state index in [1.165, 1.54) is 0 Å². The Kier molecular flexibility index (Phi) is 6.67. The maximum absolute atomic E-state index is 11.7. The van der Waals surface area contributed by atoms with Gasteiger partial charge in [-0.1, -0.05) is 26.0 Å². The minimum absolute atomic E-state index is 0.0698. The summed E-state index contributed by atoms with van der Waals surface area (Å²) in [6.07, 6.45) is -0.0678. The van der Waals surface area contributed by atoms with Gasteiger partial charge in [0.25, 0.3) is 0 Å². The van der Waals surface area contributed by atoms with Gasteiger partial charge in [0, 0.05) is 11.0 Å². The van der Waals surface area contributed by atoms with Crippen LogP contribution in [0.5, 0.6) is 0 Å². The molecule has 0 bridgehead atoms. The molecule has 0 heterocycles. The van der Waals surface area contributed by atoms with Crippen LogP contribution in [-0.2, 0) is 9.59 Å². The summed E-state index contributed by atoms with van der Waals surface area (Å²) in [7, 11) is 0. The van der Waals surface area contributed by atoms with Gasteiger partial charge in [-0.15, -0.1) is 0 Å². The molecule has 0 radical (unpaired) electrons. The highest BCUT2D eigenvalue weighted by molar-refractivity contribution is 9.10. The summed E-state index contributed by atoms with van der Waals surface area (Å²) in [6.45, 7) is 4.02. The topological polar surface area (TPSA) is 78.4 Å². The van der Waals surface area contributed by atoms with E-state index in [0.29, 0.717) is 22.5 Å². The van der Waals surface area contributed by atoms with Gasteiger partial charge in [0.1, 0.15) is 0 Å². The summed E-state index contributed by atoms with van der Waals surface area (Å²) in [6, 6.07) is 7.01. The molecule has 0 saturated heterocycles. The minimum atomic E-state index is -0.761. The van der Waals surface area contributed by atoms with E-state index in [1.807, 2.05) is 19.9 Å². The van der Waals surface area contributed by atoms with Crippen LogP contribution in [0.15, 0.2) is 28.7 Å². The predicted molar refractivity (Wildman–Crippen MR) is 81.2 cm³/mol. The highest BCUT2D eigenvalue weighted by Gasteiger charge is 2.16. The SMILES string of the molecule is CC(C)CC(O)CNC(=O)C(=O)Nc1ccccc1Br. The number of nitrogens with one attached hydrogen (secondary N) is 2. The zero-order chi connectivity index (χ0) is 15.1. The molecule has 1 aromatic rings. The lowest BCUT2D eigenvalue weighted by Gasteiger charge is -2.13. The Bertz CT molecular complexity index is 477. The van der Waals surface area contributed by atoms with Crippen molar-refractivity contribution in [2.75, 3.05) is 11.9 Å². The minimum Gasteiger partial charge on any atom is -0.391 e. The Hall–Kier alpha value is -1.40. The van der Waals surface area contributed by atoms with Gasteiger partial charge in [-0.25, -0.2) is 0 Å². The molecule has 0 aliphatic carbocycles. The van der Waals surface area contributed by atoms with E-state index in [9.17, 15) is 14.7 Å². The first-order valence-corrected chi connectivity index (χ1v) is 7.21. The summed E-state index contributed by atoms with van der Waals surface area (Å²) in [5, 5.41) is 14.5. The zero-order valence-corrected chi connectivity index (χ0v) is 13.1. The van der Waals surface area contributed by atoms with Gasteiger partial charge >= 0.3 is 11.8 Å². The molecular formula is C14H19BrN2O3. The molecule has 0 aliphatic heterocycles. The van der Waals surface area contributed by atoms with E-state index < -0.39 is 17.9 Å². The number of amides is 2. The standard InChI is InChI=1S/C14H19BrN2O3/c1-9(2)7-10(18)8-16-13(19)14(20)17-12-6-4-3-5-11(12)15/h3-6,9-10,18H,7-8H2,1-2H3,(H,16,19)(H,17,20). The first-order chi connectivity index (χ1) is 9.40. The van der Waals surface area contributed by atoms with Gasteiger partial charge in [0.15, 0.2) is 0 Å². The number of hydrogen-bond acceptors (Lipinski definition) is 3. The third-order valence-corrected chi connectivity index (χ3v) is 3.26. The van der Waals surface area contributed by atoms with Gasteiger partial charge in [-0.2, -0.15) is 0 Å². The van der Waals surface area contributed by atoms with Crippen LogP contribution in [0.1, 0.15) is 20.3 Å². The molecule has 3 N–H and O–H groups in total. The molecule has 1 unspecified atom stereocenters. The van der Waals surface area contributed by atoms with E-state index >= 15 is 0 Å². The summed E-state index contributed by atoms with van der Waals surface area (Å²) in [4.78, 5) is 23.3. The lowest BCUT2D eigenvalue weighted by Crippen LogP contribution is -2.39. The van der Waals surface area contributed by atoms with Crippen molar-refractivity contribution in [3.63, 3.8) is 0 Å². The Morgan fingerprint density at radius 2 is 1.90 bits per heavy atom. The van der Waals surface area contributed by atoms with Gasteiger partial charge in [0.05, 0.1) is 11.8 Å². The Labute approximate surface area is 126 Å². The Morgan fingerprint density at radius 1 is 1.25 bits per heavy atom. The summed E-state index contributed by atoms with van der Waals surface area (Å²) in [5.74, 6) is -1.19. The van der Waals surface area contributed by atoms with Crippen LogP contribution in [0.4, 0.5) is 5.69 Å². The van der Waals surface area contributed by atoms with Crippen LogP contribution in [-0.4, -0.2) is 29.6 Å². The van der Waals surface area contributed by atoms with Crippen LogP contribution in [0.2, 0.25) is 0 Å². The lowest BCUT2D eigenvalue weighted by atomic mass is 10.1. The molecule has 0 spiro atoms. The molecule has 2 amide bonds. The van der Waals surface area contributed by atoms with E-state index in [0.717, 1.165) is 0 Å². The van der Waals surface area contributed by atoms with Gasteiger partial charge in [0.2, 0.25) is 0 Å². The monoisotopic (exact) mass is 342 g/mol. The van der Waals surface area contributed by atoms with Gasteiger partial charge in [-0.3, -0.25) is 9.59 Å². The molecule has 110 valence electrons. The number of hydrogen-bond donors (Lipinski definition) is 3. The normalized spacial score (nSPS) is 12.1. The molecule has 0 aromatic heterocycles. The number of aliphatic hydroxyl groups excluding tert-OH is 1. The number of rotatable bonds is 5. The summed E-state index contributed by atoms with van der Waals surface area (Å²) < 4.78 is 0.695. The number of para-hydroxylation sites is 1. The van der Waals surface area contributed by atoms with E-state index in [1.54, 1.807) is 18.2 Å². The van der Waals surface area contributed by atoms with Crippen molar-refractivity contribution in [1.29, 1.82) is 0 Å². The third kappa shape index (κ3) is 5.71. The number of halogens is 1. The second-order valence-electron chi connectivity index (χ2n) is 4.93. The van der Waals surface area contributed by atoms with Crippen LogP contribution in [0.3, 0.4) is 0 Å². The highest BCUT2D eigenvalue weighted by atomic mass is 79.9. The fourth-order valence-electron chi connectivity index (χ4n) is 1.66. The number of aliphatic hydroxyl groups is 1. The second kappa shape index (κ2) is 8.01. The Balaban J connectivity index is 2.44.